The molecule has 1 aromatic heterocycles. The first-order chi connectivity index (χ1) is 17.4. The number of aromatic nitrogens is 2. The highest BCUT2D eigenvalue weighted by atomic mass is 35.5. The van der Waals surface area contributed by atoms with Crippen molar-refractivity contribution in [1.29, 1.82) is 0 Å². The Morgan fingerprint density at radius 3 is 2.39 bits per heavy atom. The van der Waals surface area contributed by atoms with Gasteiger partial charge in [-0.25, -0.2) is 4.98 Å². The minimum Gasteiger partial charge on any atom is -0.423 e. The third-order valence-electron chi connectivity index (χ3n) is 6.41. The highest BCUT2D eigenvalue weighted by Crippen LogP contribution is 2.23. The molecule has 3 rings (SSSR count). The molecule has 3 aromatic rings. The second kappa shape index (κ2) is 14.8. The second-order valence-electron chi connectivity index (χ2n) is 9.04. The lowest BCUT2D eigenvalue weighted by Crippen LogP contribution is -2.29. The first-order valence-electron chi connectivity index (χ1n) is 12.6. The van der Waals surface area contributed by atoms with Crippen LogP contribution < -0.4 is 16.1 Å². The van der Waals surface area contributed by atoms with Crippen molar-refractivity contribution in [3.8, 4) is 0 Å². The van der Waals surface area contributed by atoms with Crippen LogP contribution in [0.2, 0.25) is 0 Å². The fourth-order valence-electron chi connectivity index (χ4n) is 4.29. The van der Waals surface area contributed by atoms with Crippen LogP contribution in [0.5, 0.6) is 0 Å². The van der Waals surface area contributed by atoms with Crippen LogP contribution in [-0.2, 0) is 24.8 Å². The zero-order valence-electron chi connectivity index (χ0n) is 21.0. The number of unbranched alkanes of at least 4 members (excludes halogenated alkanes) is 3. The van der Waals surface area contributed by atoms with Gasteiger partial charge in [-0.05, 0) is 48.5 Å². The van der Waals surface area contributed by atoms with E-state index in [1.54, 1.807) is 12.1 Å². The van der Waals surface area contributed by atoms with Crippen molar-refractivity contribution in [3.63, 3.8) is 0 Å². The molecule has 0 radical (unpaired) electrons. The van der Waals surface area contributed by atoms with Crippen LogP contribution in [0, 0.1) is 0 Å². The van der Waals surface area contributed by atoms with Crippen molar-refractivity contribution in [2.24, 2.45) is 12.8 Å². The number of halogens is 2. The van der Waals surface area contributed by atoms with Crippen molar-refractivity contribution in [1.82, 2.24) is 9.55 Å². The van der Waals surface area contributed by atoms with Crippen molar-refractivity contribution in [3.05, 3.63) is 53.9 Å². The molecule has 0 aliphatic carbocycles. The Morgan fingerprint density at radius 2 is 1.72 bits per heavy atom. The molecule has 7 nitrogen and oxygen atoms in total. The lowest BCUT2D eigenvalue weighted by molar-refractivity contribution is 0.0377. The van der Waals surface area contributed by atoms with Gasteiger partial charge in [-0.2, -0.15) is 0 Å². The lowest BCUT2D eigenvalue weighted by Gasteiger charge is -2.22. The normalized spacial score (nSPS) is 12.3. The molecular formula is C26H37BCl2N4O3. The van der Waals surface area contributed by atoms with Gasteiger partial charge in [0, 0.05) is 44.0 Å². The van der Waals surface area contributed by atoms with Crippen LogP contribution in [0.3, 0.4) is 0 Å². The van der Waals surface area contributed by atoms with E-state index in [1.807, 2.05) is 12.1 Å². The fourth-order valence-corrected chi connectivity index (χ4v) is 4.70. The molecule has 1 atom stereocenters. The quantitative estimate of drug-likeness (QED) is 0.112. The molecule has 196 valence electrons. The predicted molar refractivity (Wildman–Crippen MR) is 150 cm³/mol. The van der Waals surface area contributed by atoms with E-state index in [4.69, 9.17) is 48.7 Å². The maximum Gasteiger partial charge on any atom is 0.488 e. The Labute approximate surface area is 224 Å². The number of alkyl halides is 2. The zero-order chi connectivity index (χ0) is 25.9. The van der Waals surface area contributed by atoms with Gasteiger partial charge in [0.05, 0.1) is 17.6 Å². The molecule has 1 heterocycles. The molecule has 2 aromatic carbocycles. The average Bonchev–Trinajstić information content (AvgIpc) is 3.19. The van der Waals surface area contributed by atoms with E-state index in [9.17, 15) is 0 Å². The molecule has 0 saturated heterocycles. The number of aryl methyl sites for hydroxylation is 2. The van der Waals surface area contributed by atoms with Crippen LogP contribution in [0.4, 0.5) is 5.69 Å². The number of anilines is 1. The zero-order valence-corrected chi connectivity index (χ0v) is 22.5. The summed E-state index contributed by atoms with van der Waals surface area (Å²) in [5.74, 6) is 2.22. The van der Waals surface area contributed by atoms with Gasteiger partial charge in [0.1, 0.15) is 12.1 Å². The Hall–Kier alpha value is -1.81. The van der Waals surface area contributed by atoms with Crippen LogP contribution in [0.25, 0.3) is 11.0 Å². The van der Waals surface area contributed by atoms with E-state index >= 15 is 0 Å². The molecule has 0 amide bonds. The summed E-state index contributed by atoms with van der Waals surface area (Å²) >= 11 is 11.9. The molecule has 0 saturated carbocycles. The van der Waals surface area contributed by atoms with Gasteiger partial charge in [-0.15, -0.1) is 23.2 Å². The maximum atomic E-state index is 9.15. The van der Waals surface area contributed by atoms with Crippen molar-refractivity contribution >= 4 is 52.5 Å². The molecular weight excluding hydrogens is 498 g/mol. The summed E-state index contributed by atoms with van der Waals surface area (Å²) in [6.07, 6.45) is 5.75. The summed E-state index contributed by atoms with van der Waals surface area (Å²) < 4.78 is 7.92. The summed E-state index contributed by atoms with van der Waals surface area (Å²) in [4.78, 5) is 7.09. The summed E-state index contributed by atoms with van der Waals surface area (Å²) in [5.41, 5.74) is 10.8. The highest BCUT2D eigenvalue weighted by molar-refractivity contribution is 6.58. The van der Waals surface area contributed by atoms with Gasteiger partial charge in [0.15, 0.2) is 0 Å². The van der Waals surface area contributed by atoms with Crippen molar-refractivity contribution in [2.75, 3.05) is 29.7 Å². The molecule has 0 aliphatic heterocycles. The molecule has 0 aliphatic rings. The van der Waals surface area contributed by atoms with Gasteiger partial charge in [0.25, 0.3) is 0 Å². The summed E-state index contributed by atoms with van der Waals surface area (Å²) in [5, 5.41) is 18.3. The Kier molecular flexibility index (Phi) is 11.8. The molecule has 0 bridgehead atoms. The molecule has 1 unspecified atom stereocenters. The molecule has 10 heteroatoms. The van der Waals surface area contributed by atoms with E-state index in [2.05, 4.69) is 34.7 Å². The predicted octanol–water partition coefficient (Wildman–Crippen LogP) is 3.53. The van der Waals surface area contributed by atoms with Crippen LogP contribution >= 0.6 is 23.2 Å². The number of hydrogen-bond donors (Lipinski definition) is 3. The number of fused-ring (bicyclic) bond motifs is 1. The van der Waals surface area contributed by atoms with E-state index in [-0.39, 0.29) is 6.23 Å². The third kappa shape index (κ3) is 8.37. The number of nitrogens with two attached hydrogens (primary N) is 1. The minimum atomic E-state index is -1.45. The standard InChI is InChI=1S/C26H37BCl2N4O3/c1-32-24-13-12-22(33(16-14-28)17-15-29)18-23(24)31-26(32)7-5-3-2-4-6-25(30)36-19-20-8-10-21(11-9-20)27(34)35/h8-13,18,25,34-35H,2-7,14-17,19,30H2,1H3. The molecule has 0 spiro atoms. The number of hydrogen-bond acceptors (Lipinski definition) is 6. The van der Waals surface area contributed by atoms with E-state index in [0.29, 0.717) is 23.8 Å². The van der Waals surface area contributed by atoms with Gasteiger partial charge in [-0.1, -0.05) is 37.1 Å². The number of benzene rings is 2. The number of rotatable bonds is 16. The number of nitrogens with zero attached hydrogens (tertiary/aromatic N) is 3. The monoisotopic (exact) mass is 534 g/mol. The number of ether oxygens (including phenoxy) is 1. The van der Waals surface area contributed by atoms with Gasteiger partial charge >= 0.3 is 7.12 Å². The van der Waals surface area contributed by atoms with Crippen LogP contribution in [0.1, 0.15) is 43.5 Å². The first kappa shape index (κ1) is 28.8. The third-order valence-corrected chi connectivity index (χ3v) is 6.75. The van der Waals surface area contributed by atoms with E-state index in [0.717, 1.165) is 79.7 Å². The second-order valence-corrected chi connectivity index (χ2v) is 9.80. The van der Waals surface area contributed by atoms with Crippen LogP contribution in [0.15, 0.2) is 42.5 Å². The smallest absolute Gasteiger partial charge is 0.423 e. The van der Waals surface area contributed by atoms with Gasteiger partial charge in [0.2, 0.25) is 0 Å². The highest BCUT2D eigenvalue weighted by Gasteiger charge is 2.12. The fraction of sp³-hybridized carbons (Fsp3) is 0.500. The summed E-state index contributed by atoms with van der Waals surface area (Å²) in [6, 6.07) is 13.4. The Bertz CT molecular complexity index is 1060. The summed E-state index contributed by atoms with van der Waals surface area (Å²) in [6.45, 7) is 1.93. The number of imidazole rings is 1. The van der Waals surface area contributed by atoms with E-state index < -0.39 is 7.12 Å². The first-order valence-corrected chi connectivity index (χ1v) is 13.6. The Balaban J connectivity index is 1.38. The Morgan fingerprint density at radius 1 is 1.03 bits per heavy atom. The average molecular weight is 535 g/mol. The largest absolute Gasteiger partial charge is 0.488 e. The SMILES string of the molecule is Cn1c(CCCCCCC(N)OCc2ccc(B(O)O)cc2)nc2cc(N(CCCl)CCCl)ccc21. The van der Waals surface area contributed by atoms with Crippen molar-refractivity contribution < 1.29 is 14.8 Å². The summed E-state index contributed by atoms with van der Waals surface area (Å²) in [7, 11) is 0.625. The molecule has 36 heavy (non-hydrogen) atoms. The van der Waals surface area contributed by atoms with Crippen molar-refractivity contribution in [2.45, 2.75) is 51.4 Å². The lowest BCUT2D eigenvalue weighted by atomic mass is 9.80. The topological polar surface area (TPSA) is 96.8 Å². The molecule has 4 N–H and O–H groups in total. The minimum absolute atomic E-state index is 0.306. The molecule has 0 fully saturated rings. The van der Waals surface area contributed by atoms with E-state index in [1.165, 1.54) is 0 Å². The van der Waals surface area contributed by atoms with Gasteiger partial charge < -0.3 is 30.0 Å². The maximum absolute atomic E-state index is 9.15. The van der Waals surface area contributed by atoms with Gasteiger partial charge in [-0.3, -0.25) is 0 Å². The van der Waals surface area contributed by atoms with Crippen LogP contribution in [-0.4, -0.2) is 57.8 Å².